The van der Waals surface area contributed by atoms with Crippen LogP contribution in [0.3, 0.4) is 0 Å². The van der Waals surface area contributed by atoms with Crippen molar-refractivity contribution >= 4 is 0 Å². The van der Waals surface area contributed by atoms with E-state index in [1.807, 2.05) is 0 Å². The van der Waals surface area contributed by atoms with Crippen LogP contribution >= 0.6 is 0 Å². The van der Waals surface area contributed by atoms with Crippen LogP contribution in [0.5, 0.6) is 0 Å². The largest absolute Gasteiger partial charge is 0.306 e. The van der Waals surface area contributed by atoms with Crippen LogP contribution in [0, 0.1) is 11.3 Å². The van der Waals surface area contributed by atoms with E-state index in [1.54, 1.807) is 0 Å². The quantitative estimate of drug-likeness (QED) is 0.621. The van der Waals surface area contributed by atoms with Crippen molar-refractivity contribution in [3.8, 4) is 0 Å². The summed E-state index contributed by atoms with van der Waals surface area (Å²) in [5.41, 5.74) is 0.632. The summed E-state index contributed by atoms with van der Waals surface area (Å²) in [5.74, 6) is 0.983. The molecular weight excluding hydrogens is 206 g/mol. The van der Waals surface area contributed by atoms with Crippen LogP contribution < -0.4 is 0 Å². The molecule has 17 heavy (non-hydrogen) atoms. The van der Waals surface area contributed by atoms with E-state index >= 15 is 0 Å². The highest BCUT2D eigenvalue weighted by Gasteiger charge is 2.34. The molecule has 1 heterocycles. The van der Waals surface area contributed by atoms with E-state index in [-0.39, 0.29) is 0 Å². The lowest BCUT2D eigenvalue weighted by atomic mass is 9.67. The van der Waals surface area contributed by atoms with Gasteiger partial charge < -0.3 is 4.90 Å². The third-order valence-electron chi connectivity index (χ3n) is 4.91. The molecule has 0 saturated carbocycles. The number of likely N-dealkylation sites (tertiary alicyclic amines) is 1. The lowest BCUT2D eigenvalue weighted by Crippen LogP contribution is -2.38. The van der Waals surface area contributed by atoms with Crippen molar-refractivity contribution in [3.63, 3.8) is 0 Å². The second-order valence-electron chi connectivity index (χ2n) is 6.44. The molecule has 0 amide bonds. The molecular formula is C16H33N. The highest BCUT2D eigenvalue weighted by Crippen LogP contribution is 2.43. The smallest absolute Gasteiger partial charge is 0.00189 e. The molecule has 1 aliphatic heterocycles. The van der Waals surface area contributed by atoms with E-state index in [0.29, 0.717) is 5.41 Å². The number of nitrogens with zero attached hydrogens (tertiary/aromatic N) is 1. The molecule has 1 saturated heterocycles. The predicted octanol–water partition coefficient (Wildman–Crippen LogP) is 4.71. The summed E-state index contributed by atoms with van der Waals surface area (Å²) in [7, 11) is 2.27. The first-order chi connectivity index (χ1) is 8.12. The van der Waals surface area contributed by atoms with E-state index in [2.05, 4.69) is 32.7 Å². The fourth-order valence-electron chi connectivity index (χ4n) is 3.40. The van der Waals surface area contributed by atoms with Gasteiger partial charge in [0, 0.05) is 0 Å². The van der Waals surface area contributed by atoms with Crippen molar-refractivity contribution in [3.05, 3.63) is 0 Å². The standard InChI is InChI=1S/C16H33N/c1-5-7-11-16(3,12-8-6-2)15-9-13-17(4)14-10-15/h15H,5-14H2,1-4H3. The van der Waals surface area contributed by atoms with Gasteiger partial charge in [0.2, 0.25) is 0 Å². The maximum Gasteiger partial charge on any atom is -0.00189 e. The van der Waals surface area contributed by atoms with Gasteiger partial charge in [-0.15, -0.1) is 0 Å². The van der Waals surface area contributed by atoms with Crippen LogP contribution in [0.25, 0.3) is 0 Å². The van der Waals surface area contributed by atoms with Gasteiger partial charge in [0.15, 0.2) is 0 Å². The number of piperidine rings is 1. The van der Waals surface area contributed by atoms with Gasteiger partial charge in [0.25, 0.3) is 0 Å². The average molecular weight is 239 g/mol. The molecule has 0 radical (unpaired) electrons. The number of rotatable bonds is 7. The number of hydrogen-bond donors (Lipinski definition) is 0. The lowest BCUT2D eigenvalue weighted by Gasteiger charge is -2.42. The third kappa shape index (κ3) is 4.62. The number of hydrogen-bond acceptors (Lipinski definition) is 1. The third-order valence-corrected chi connectivity index (χ3v) is 4.91. The van der Waals surface area contributed by atoms with Crippen molar-refractivity contribution in [2.24, 2.45) is 11.3 Å². The zero-order valence-electron chi connectivity index (χ0n) is 12.6. The topological polar surface area (TPSA) is 3.24 Å². The SMILES string of the molecule is CCCCC(C)(CCCC)C1CCN(C)CC1. The van der Waals surface area contributed by atoms with Crippen LogP contribution in [0.4, 0.5) is 0 Å². The Hall–Kier alpha value is -0.0400. The molecule has 0 aromatic heterocycles. The minimum atomic E-state index is 0.632. The normalized spacial score (nSPS) is 19.8. The van der Waals surface area contributed by atoms with Gasteiger partial charge in [-0.1, -0.05) is 46.5 Å². The summed E-state index contributed by atoms with van der Waals surface area (Å²) < 4.78 is 0. The van der Waals surface area contributed by atoms with Crippen LogP contribution in [-0.4, -0.2) is 25.0 Å². The molecule has 0 bridgehead atoms. The summed E-state index contributed by atoms with van der Waals surface area (Å²) in [6, 6.07) is 0. The van der Waals surface area contributed by atoms with Gasteiger partial charge in [-0.2, -0.15) is 0 Å². The maximum absolute atomic E-state index is 2.58. The molecule has 0 unspecified atom stereocenters. The zero-order chi connectivity index (χ0) is 12.7. The Morgan fingerprint density at radius 2 is 1.47 bits per heavy atom. The monoisotopic (exact) mass is 239 g/mol. The first-order valence-corrected chi connectivity index (χ1v) is 7.81. The summed E-state index contributed by atoms with van der Waals surface area (Å²) in [6.45, 7) is 9.87. The van der Waals surface area contributed by atoms with Gasteiger partial charge >= 0.3 is 0 Å². The Balaban J connectivity index is 2.54. The molecule has 1 heteroatoms. The van der Waals surface area contributed by atoms with Crippen LogP contribution in [0.1, 0.15) is 72.1 Å². The molecule has 1 fully saturated rings. The van der Waals surface area contributed by atoms with Gasteiger partial charge in [-0.3, -0.25) is 0 Å². The molecule has 1 nitrogen and oxygen atoms in total. The van der Waals surface area contributed by atoms with E-state index < -0.39 is 0 Å². The first kappa shape index (κ1) is 15.0. The fraction of sp³-hybridized carbons (Fsp3) is 1.00. The highest BCUT2D eigenvalue weighted by atomic mass is 15.1. The van der Waals surface area contributed by atoms with E-state index in [1.165, 1.54) is 64.5 Å². The summed E-state index contributed by atoms with van der Waals surface area (Å²) in [5, 5.41) is 0. The predicted molar refractivity (Wildman–Crippen MR) is 77.4 cm³/mol. The fourth-order valence-corrected chi connectivity index (χ4v) is 3.40. The van der Waals surface area contributed by atoms with Gasteiger partial charge in [0.1, 0.15) is 0 Å². The van der Waals surface area contributed by atoms with Crippen molar-refractivity contribution < 1.29 is 0 Å². The second kappa shape index (κ2) is 7.41. The Kier molecular flexibility index (Phi) is 6.54. The average Bonchev–Trinajstić information content (AvgIpc) is 2.34. The van der Waals surface area contributed by atoms with E-state index in [9.17, 15) is 0 Å². The van der Waals surface area contributed by atoms with E-state index in [0.717, 1.165) is 5.92 Å². The summed E-state index contributed by atoms with van der Waals surface area (Å²) in [4.78, 5) is 2.50. The molecule has 102 valence electrons. The Morgan fingerprint density at radius 3 is 1.88 bits per heavy atom. The van der Waals surface area contributed by atoms with E-state index in [4.69, 9.17) is 0 Å². The molecule has 0 aromatic rings. The van der Waals surface area contributed by atoms with Gasteiger partial charge in [-0.05, 0) is 57.2 Å². The maximum atomic E-state index is 2.58. The molecule has 0 spiro atoms. The molecule has 1 rings (SSSR count). The van der Waals surface area contributed by atoms with Crippen molar-refractivity contribution in [2.75, 3.05) is 20.1 Å². The Bertz CT molecular complexity index is 184. The second-order valence-corrected chi connectivity index (χ2v) is 6.44. The van der Waals surface area contributed by atoms with Crippen LogP contribution in [0.2, 0.25) is 0 Å². The lowest BCUT2D eigenvalue weighted by molar-refractivity contribution is 0.0788. The Labute approximate surface area is 109 Å². The zero-order valence-corrected chi connectivity index (χ0v) is 12.6. The van der Waals surface area contributed by atoms with Crippen LogP contribution in [0.15, 0.2) is 0 Å². The van der Waals surface area contributed by atoms with Gasteiger partial charge in [-0.25, -0.2) is 0 Å². The molecule has 0 aliphatic carbocycles. The minimum Gasteiger partial charge on any atom is -0.306 e. The van der Waals surface area contributed by atoms with Gasteiger partial charge in [0.05, 0.1) is 0 Å². The van der Waals surface area contributed by atoms with Crippen molar-refractivity contribution in [1.82, 2.24) is 4.90 Å². The molecule has 0 N–H and O–H groups in total. The summed E-state index contributed by atoms with van der Waals surface area (Å²) >= 11 is 0. The highest BCUT2D eigenvalue weighted by molar-refractivity contribution is 4.86. The Morgan fingerprint density at radius 1 is 1.00 bits per heavy atom. The first-order valence-electron chi connectivity index (χ1n) is 7.81. The van der Waals surface area contributed by atoms with Crippen molar-refractivity contribution in [2.45, 2.75) is 72.1 Å². The van der Waals surface area contributed by atoms with Crippen molar-refractivity contribution in [1.29, 1.82) is 0 Å². The number of unbranched alkanes of at least 4 members (excludes halogenated alkanes) is 2. The molecule has 1 aliphatic rings. The summed E-state index contributed by atoms with van der Waals surface area (Å²) in [6.07, 6.45) is 11.3. The molecule has 0 aromatic carbocycles. The van der Waals surface area contributed by atoms with Crippen LogP contribution in [-0.2, 0) is 0 Å². The minimum absolute atomic E-state index is 0.632. The molecule has 0 atom stereocenters.